The zero-order valence-electron chi connectivity index (χ0n) is 9.89. The lowest BCUT2D eigenvalue weighted by Gasteiger charge is -2.18. The number of hydrogen-bond acceptors (Lipinski definition) is 5. The van der Waals surface area contributed by atoms with E-state index in [1.165, 1.54) is 10.6 Å². The quantitative estimate of drug-likeness (QED) is 0.628. The summed E-state index contributed by atoms with van der Waals surface area (Å²) in [5.74, 6) is -0.928. The second-order valence-electron chi connectivity index (χ2n) is 4.03. The molecule has 1 aliphatic heterocycles. The standard InChI is InChI=1S/C12H14N2O4/c1-2-7-18-12(17)9-10(15)11(16)14-6-4-3-5-8(14)13-9/h2,15H,1,3-7H2. The maximum atomic E-state index is 11.9. The molecule has 0 radical (unpaired) electrons. The summed E-state index contributed by atoms with van der Waals surface area (Å²) in [4.78, 5) is 27.5. The zero-order chi connectivity index (χ0) is 13.1. The van der Waals surface area contributed by atoms with Crippen LogP contribution >= 0.6 is 0 Å². The van der Waals surface area contributed by atoms with Crippen LogP contribution in [0.2, 0.25) is 0 Å². The molecule has 6 nitrogen and oxygen atoms in total. The number of nitrogens with zero attached hydrogens (tertiary/aromatic N) is 2. The average molecular weight is 250 g/mol. The molecule has 0 unspecified atom stereocenters. The van der Waals surface area contributed by atoms with Gasteiger partial charge in [-0.1, -0.05) is 12.7 Å². The van der Waals surface area contributed by atoms with Crippen LogP contribution in [0.25, 0.3) is 0 Å². The van der Waals surface area contributed by atoms with Gasteiger partial charge in [-0.3, -0.25) is 9.36 Å². The summed E-state index contributed by atoms with van der Waals surface area (Å²) in [6.07, 6.45) is 3.81. The van der Waals surface area contributed by atoms with Gasteiger partial charge in [0.25, 0.3) is 5.56 Å². The summed E-state index contributed by atoms with van der Waals surface area (Å²) in [5, 5.41) is 9.70. The van der Waals surface area contributed by atoms with Crippen LogP contribution in [0.15, 0.2) is 17.4 Å². The van der Waals surface area contributed by atoms with Gasteiger partial charge in [0, 0.05) is 13.0 Å². The third-order valence-corrected chi connectivity index (χ3v) is 2.78. The van der Waals surface area contributed by atoms with Crippen molar-refractivity contribution >= 4 is 5.97 Å². The van der Waals surface area contributed by atoms with Crippen molar-refractivity contribution in [3.8, 4) is 5.75 Å². The first-order valence-electron chi connectivity index (χ1n) is 5.76. The molecule has 1 aromatic heterocycles. The van der Waals surface area contributed by atoms with E-state index in [2.05, 4.69) is 11.6 Å². The molecule has 2 rings (SSSR count). The van der Waals surface area contributed by atoms with Crippen molar-refractivity contribution in [2.45, 2.75) is 25.8 Å². The lowest BCUT2D eigenvalue weighted by molar-refractivity contribution is 0.0537. The van der Waals surface area contributed by atoms with Crippen LogP contribution in [0, 0.1) is 0 Å². The first-order valence-corrected chi connectivity index (χ1v) is 5.76. The molecule has 2 heterocycles. The molecule has 0 bridgehead atoms. The van der Waals surface area contributed by atoms with Crippen molar-refractivity contribution in [2.75, 3.05) is 6.61 Å². The van der Waals surface area contributed by atoms with Crippen LogP contribution in [0.1, 0.15) is 29.2 Å². The molecule has 18 heavy (non-hydrogen) atoms. The van der Waals surface area contributed by atoms with Gasteiger partial charge in [-0.05, 0) is 12.8 Å². The maximum absolute atomic E-state index is 11.9. The highest BCUT2D eigenvalue weighted by atomic mass is 16.5. The molecule has 0 aliphatic carbocycles. The molecule has 0 saturated heterocycles. The molecule has 0 saturated carbocycles. The largest absolute Gasteiger partial charge is 0.501 e. The number of aromatic hydroxyl groups is 1. The molecule has 96 valence electrons. The fraction of sp³-hybridized carbons (Fsp3) is 0.417. The fourth-order valence-corrected chi connectivity index (χ4v) is 1.91. The Morgan fingerprint density at radius 3 is 3.06 bits per heavy atom. The van der Waals surface area contributed by atoms with Gasteiger partial charge in [0.2, 0.25) is 5.75 Å². The van der Waals surface area contributed by atoms with E-state index >= 15 is 0 Å². The van der Waals surface area contributed by atoms with E-state index in [0.717, 1.165) is 12.8 Å². The van der Waals surface area contributed by atoms with Crippen LogP contribution in [0.4, 0.5) is 0 Å². The fourth-order valence-electron chi connectivity index (χ4n) is 1.91. The molecule has 6 heteroatoms. The molecule has 0 aromatic carbocycles. The highest BCUT2D eigenvalue weighted by molar-refractivity contribution is 5.90. The minimum absolute atomic E-state index is 0.0123. The normalized spacial score (nSPS) is 13.8. The number of aryl methyl sites for hydroxylation is 1. The first kappa shape index (κ1) is 12.3. The number of hydrogen-bond donors (Lipinski definition) is 1. The second-order valence-corrected chi connectivity index (χ2v) is 4.03. The third kappa shape index (κ3) is 2.13. The third-order valence-electron chi connectivity index (χ3n) is 2.78. The van der Waals surface area contributed by atoms with E-state index in [0.29, 0.717) is 18.8 Å². The molecule has 0 atom stereocenters. The minimum atomic E-state index is -0.807. The average Bonchev–Trinajstić information content (AvgIpc) is 2.40. The molecule has 0 spiro atoms. The summed E-state index contributed by atoms with van der Waals surface area (Å²) in [6.45, 7) is 3.95. The van der Waals surface area contributed by atoms with E-state index in [1.54, 1.807) is 0 Å². The van der Waals surface area contributed by atoms with E-state index in [9.17, 15) is 14.7 Å². The summed E-state index contributed by atoms with van der Waals surface area (Å²) in [5.41, 5.74) is -0.889. The minimum Gasteiger partial charge on any atom is -0.501 e. The van der Waals surface area contributed by atoms with Crippen molar-refractivity contribution in [2.24, 2.45) is 0 Å². The highest BCUT2D eigenvalue weighted by Gasteiger charge is 2.23. The van der Waals surface area contributed by atoms with Gasteiger partial charge in [0.1, 0.15) is 12.4 Å². The Morgan fingerprint density at radius 2 is 2.33 bits per heavy atom. The molecule has 1 aliphatic rings. The number of carbonyl (C=O) groups is 1. The number of carbonyl (C=O) groups excluding carboxylic acids is 1. The first-order chi connectivity index (χ1) is 8.65. The maximum Gasteiger partial charge on any atom is 0.361 e. The highest BCUT2D eigenvalue weighted by Crippen LogP contribution is 2.16. The second kappa shape index (κ2) is 5.03. The summed E-state index contributed by atoms with van der Waals surface area (Å²) in [6, 6.07) is 0. The lowest BCUT2D eigenvalue weighted by atomic mass is 10.1. The van der Waals surface area contributed by atoms with Gasteiger partial charge in [0.05, 0.1) is 0 Å². The van der Waals surface area contributed by atoms with Gasteiger partial charge in [-0.2, -0.15) is 0 Å². The Bertz CT molecular complexity index is 548. The molecule has 1 aromatic rings. The summed E-state index contributed by atoms with van der Waals surface area (Å²) < 4.78 is 6.18. The van der Waals surface area contributed by atoms with Crippen LogP contribution < -0.4 is 5.56 Å². The van der Waals surface area contributed by atoms with E-state index in [-0.39, 0.29) is 12.3 Å². The molecular weight excluding hydrogens is 236 g/mol. The number of ether oxygens (including phenoxy) is 1. The van der Waals surface area contributed by atoms with Crippen molar-refractivity contribution < 1.29 is 14.6 Å². The topological polar surface area (TPSA) is 81.4 Å². The van der Waals surface area contributed by atoms with Crippen molar-refractivity contribution in [1.29, 1.82) is 0 Å². The Labute approximate surface area is 104 Å². The van der Waals surface area contributed by atoms with Gasteiger partial charge in [-0.25, -0.2) is 9.78 Å². The van der Waals surface area contributed by atoms with E-state index in [4.69, 9.17) is 4.74 Å². The van der Waals surface area contributed by atoms with Crippen molar-refractivity contribution in [1.82, 2.24) is 9.55 Å². The van der Waals surface area contributed by atoms with Crippen molar-refractivity contribution in [3.05, 3.63) is 34.5 Å². The Balaban J connectivity index is 2.43. The molecule has 0 amide bonds. The monoisotopic (exact) mass is 250 g/mol. The van der Waals surface area contributed by atoms with Crippen LogP contribution in [-0.2, 0) is 17.7 Å². The summed E-state index contributed by atoms with van der Waals surface area (Å²) in [7, 11) is 0. The molecule has 1 N–H and O–H groups in total. The molecular formula is C12H14N2O4. The van der Waals surface area contributed by atoms with E-state index in [1.807, 2.05) is 0 Å². The number of aromatic nitrogens is 2. The van der Waals surface area contributed by atoms with Crippen LogP contribution in [0.3, 0.4) is 0 Å². The van der Waals surface area contributed by atoms with Crippen molar-refractivity contribution in [3.63, 3.8) is 0 Å². The predicted octanol–water partition coefficient (Wildman–Crippen LogP) is 0.628. The lowest BCUT2D eigenvalue weighted by Crippen LogP contribution is -2.30. The number of rotatable bonds is 3. The van der Waals surface area contributed by atoms with Gasteiger partial charge >= 0.3 is 5.97 Å². The van der Waals surface area contributed by atoms with Crippen LogP contribution in [0.5, 0.6) is 5.75 Å². The Morgan fingerprint density at radius 1 is 1.56 bits per heavy atom. The van der Waals surface area contributed by atoms with Crippen LogP contribution in [-0.4, -0.2) is 27.2 Å². The number of esters is 1. The smallest absolute Gasteiger partial charge is 0.361 e. The van der Waals surface area contributed by atoms with Gasteiger partial charge in [-0.15, -0.1) is 0 Å². The number of fused-ring (bicyclic) bond motifs is 1. The Kier molecular flexibility index (Phi) is 3.45. The van der Waals surface area contributed by atoms with Gasteiger partial charge in [0.15, 0.2) is 5.69 Å². The van der Waals surface area contributed by atoms with E-state index < -0.39 is 17.3 Å². The van der Waals surface area contributed by atoms with Gasteiger partial charge < -0.3 is 9.84 Å². The predicted molar refractivity (Wildman–Crippen MR) is 63.6 cm³/mol. The Hall–Kier alpha value is -2.11. The SMILES string of the molecule is C=CCOC(=O)c1nc2n(c(=O)c1O)CCCC2. The molecule has 0 fully saturated rings. The summed E-state index contributed by atoms with van der Waals surface area (Å²) >= 11 is 0. The zero-order valence-corrected chi connectivity index (χ0v) is 9.89.